The Kier molecular flexibility index (Phi) is 3.39. The molecule has 0 unspecified atom stereocenters. The molecule has 102 valence electrons. The molecule has 0 N–H and O–H groups in total. The van der Waals surface area contributed by atoms with E-state index in [-0.39, 0.29) is 18.0 Å². The molecule has 0 aliphatic heterocycles. The van der Waals surface area contributed by atoms with Crippen LogP contribution in [0, 0.1) is 12.7 Å². The van der Waals surface area contributed by atoms with Crippen molar-refractivity contribution in [2.75, 3.05) is 0 Å². The fourth-order valence-corrected chi connectivity index (χ4v) is 2.85. The molecule has 1 aliphatic carbocycles. The Morgan fingerprint density at radius 1 is 1.10 bits per heavy atom. The van der Waals surface area contributed by atoms with Crippen molar-refractivity contribution in [1.29, 1.82) is 0 Å². The molecule has 2 aromatic rings. The van der Waals surface area contributed by atoms with Crippen molar-refractivity contribution in [3.8, 4) is 0 Å². The van der Waals surface area contributed by atoms with Crippen molar-refractivity contribution >= 4 is 5.78 Å². The first-order valence-electron chi connectivity index (χ1n) is 7.03. The summed E-state index contributed by atoms with van der Waals surface area (Å²) in [5.74, 6) is -0.222. The quantitative estimate of drug-likeness (QED) is 0.768. The third kappa shape index (κ3) is 2.51. The Morgan fingerprint density at radius 3 is 2.75 bits per heavy atom. The van der Waals surface area contributed by atoms with Crippen molar-refractivity contribution in [3.05, 3.63) is 70.0 Å². The van der Waals surface area contributed by atoms with Crippen LogP contribution in [0.3, 0.4) is 0 Å². The summed E-state index contributed by atoms with van der Waals surface area (Å²) >= 11 is 0. The number of rotatable bonds is 3. The standard InChI is InChI=1S/C18H17FO/c1-12-5-8-17(19)10-16(12)11-18(20)15-7-6-13-3-2-4-14(13)9-15/h5-10H,2-4,11H2,1H3. The van der Waals surface area contributed by atoms with Crippen LogP contribution in [0.2, 0.25) is 0 Å². The second kappa shape index (κ2) is 5.20. The van der Waals surface area contributed by atoms with Crippen molar-refractivity contribution < 1.29 is 9.18 Å². The molecule has 0 aromatic heterocycles. The van der Waals surface area contributed by atoms with Crippen LogP contribution in [0.15, 0.2) is 36.4 Å². The van der Waals surface area contributed by atoms with Gasteiger partial charge in [-0.2, -0.15) is 0 Å². The third-order valence-corrected chi connectivity index (χ3v) is 4.08. The average molecular weight is 268 g/mol. The fourth-order valence-electron chi connectivity index (χ4n) is 2.85. The molecule has 2 heteroatoms. The van der Waals surface area contributed by atoms with E-state index < -0.39 is 0 Å². The first-order chi connectivity index (χ1) is 9.63. The van der Waals surface area contributed by atoms with Gasteiger partial charge in [-0.05, 0) is 66.6 Å². The minimum Gasteiger partial charge on any atom is -0.294 e. The van der Waals surface area contributed by atoms with E-state index in [2.05, 4.69) is 6.07 Å². The Balaban J connectivity index is 1.84. The smallest absolute Gasteiger partial charge is 0.167 e. The highest BCUT2D eigenvalue weighted by Crippen LogP contribution is 2.23. The molecule has 0 heterocycles. The number of benzene rings is 2. The minimum atomic E-state index is -0.285. The summed E-state index contributed by atoms with van der Waals surface area (Å²) < 4.78 is 13.3. The van der Waals surface area contributed by atoms with E-state index in [4.69, 9.17) is 0 Å². The second-order valence-corrected chi connectivity index (χ2v) is 5.51. The molecule has 0 bridgehead atoms. The number of carbonyl (C=O) groups is 1. The molecule has 0 fully saturated rings. The highest BCUT2D eigenvalue weighted by atomic mass is 19.1. The molecular formula is C18H17FO. The van der Waals surface area contributed by atoms with E-state index in [0.29, 0.717) is 0 Å². The van der Waals surface area contributed by atoms with E-state index in [1.165, 1.54) is 29.7 Å². The van der Waals surface area contributed by atoms with Gasteiger partial charge in [-0.15, -0.1) is 0 Å². The van der Waals surface area contributed by atoms with Gasteiger partial charge in [0, 0.05) is 12.0 Å². The Morgan fingerprint density at radius 2 is 1.90 bits per heavy atom. The predicted molar refractivity (Wildman–Crippen MR) is 77.6 cm³/mol. The lowest BCUT2D eigenvalue weighted by Crippen LogP contribution is -2.06. The summed E-state index contributed by atoms with van der Waals surface area (Å²) in [6.45, 7) is 1.91. The fraction of sp³-hybridized carbons (Fsp3) is 0.278. The van der Waals surface area contributed by atoms with Gasteiger partial charge in [0.2, 0.25) is 0 Å². The first kappa shape index (κ1) is 13.0. The monoisotopic (exact) mass is 268 g/mol. The van der Waals surface area contributed by atoms with Crippen molar-refractivity contribution in [2.45, 2.75) is 32.6 Å². The SMILES string of the molecule is Cc1ccc(F)cc1CC(=O)c1ccc2c(c1)CCC2. The van der Waals surface area contributed by atoms with Crippen LogP contribution in [0.25, 0.3) is 0 Å². The van der Waals surface area contributed by atoms with Crippen LogP contribution in [-0.2, 0) is 19.3 Å². The van der Waals surface area contributed by atoms with Gasteiger partial charge in [0.15, 0.2) is 5.78 Å². The summed E-state index contributed by atoms with van der Waals surface area (Å²) in [6, 6.07) is 10.6. The van der Waals surface area contributed by atoms with Crippen molar-refractivity contribution in [3.63, 3.8) is 0 Å². The van der Waals surface area contributed by atoms with Crippen LogP contribution in [0.4, 0.5) is 4.39 Å². The normalized spacial score (nSPS) is 13.3. The Labute approximate surface area is 118 Å². The zero-order chi connectivity index (χ0) is 14.1. The Bertz CT molecular complexity index is 673. The predicted octanol–water partition coefficient (Wildman–Crippen LogP) is 4.05. The molecule has 20 heavy (non-hydrogen) atoms. The highest BCUT2D eigenvalue weighted by molar-refractivity contribution is 5.98. The van der Waals surface area contributed by atoms with E-state index in [1.54, 1.807) is 6.07 Å². The molecule has 0 amide bonds. The molecule has 0 atom stereocenters. The maximum atomic E-state index is 13.3. The maximum absolute atomic E-state index is 13.3. The van der Waals surface area contributed by atoms with Gasteiger partial charge in [-0.1, -0.05) is 18.2 Å². The van der Waals surface area contributed by atoms with Crippen LogP contribution in [0.5, 0.6) is 0 Å². The lowest BCUT2D eigenvalue weighted by atomic mass is 9.97. The number of carbonyl (C=O) groups excluding carboxylic acids is 1. The molecule has 0 saturated heterocycles. The van der Waals surface area contributed by atoms with Crippen molar-refractivity contribution in [2.24, 2.45) is 0 Å². The molecule has 0 radical (unpaired) electrons. The van der Waals surface area contributed by atoms with Crippen LogP contribution >= 0.6 is 0 Å². The maximum Gasteiger partial charge on any atom is 0.167 e. The third-order valence-electron chi connectivity index (χ3n) is 4.08. The van der Waals surface area contributed by atoms with E-state index in [0.717, 1.165) is 29.5 Å². The Hall–Kier alpha value is -1.96. The van der Waals surface area contributed by atoms with Gasteiger partial charge in [-0.3, -0.25) is 4.79 Å². The van der Waals surface area contributed by atoms with E-state index in [1.807, 2.05) is 19.1 Å². The second-order valence-electron chi connectivity index (χ2n) is 5.51. The number of hydrogen-bond acceptors (Lipinski definition) is 1. The lowest BCUT2D eigenvalue weighted by molar-refractivity contribution is 0.0992. The average Bonchev–Trinajstić information content (AvgIpc) is 2.90. The van der Waals surface area contributed by atoms with Gasteiger partial charge in [0.25, 0.3) is 0 Å². The molecule has 1 aliphatic rings. The first-order valence-corrected chi connectivity index (χ1v) is 7.03. The van der Waals surface area contributed by atoms with Crippen LogP contribution < -0.4 is 0 Å². The lowest BCUT2D eigenvalue weighted by Gasteiger charge is -2.07. The van der Waals surface area contributed by atoms with E-state index in [9.17, 15) is 9.18 Å². The summed E-state index contributed by atoms with van der Waals surface area (Å²) in [5, 5.41) is 0. The van der Waals surface area contributed by atoms with Gasteiger partial charge in [0.1, 0.15) is 5.82 Å². The molecule has 2 aromatic carbocycles. The summed E-state index contributed by atoms with van der Waals surface area (Å²) in [6.07, 6.45) is 3.63. The van der Waals surface area contributed by atoms with Gasteiger partial charge < -0.3 is 0 Å². The number of ketones is 1. The number of halogens is 1. The van der Waals surface area contributed by atoms with Gasteiger partial charge in [0.05, 0.1) is 0 Å². The summed E-state index contributed by atoms with van der Waals surface area (Å²) in [7, 11) is 0. The van der Waals surface area contributed by atoms with E-state index >= 15 is 0 Å². The van der Waals surface area contributed by atoms with Crippen LogP contribution in [0.1, 0.15) is 39.0 Å². The highest BCUT2D eigenvalue weighted by Gasteiger charge is 2.15. The summed E-state index contributed by atoms with van der Waals surface area (Å²) in [5.41, 5.74) is 5.14. The zero-order valence-electron chi connectivity index (χ0n) is 11.6. The molecule has 3 rings (SSSR count). The minimum absolute atomic E-state index is 0.0633. The summed E-state index contributed by atoms with van der Waals surface area (Å²) in [4.78, 5) is 12.4. The van der Waals surface area contributed by atoms with Crippen molar-refractivity contribution in [1.82, 2.24) is 0 Å². The zero-order valence-corrected chi connectivity index (χ0v) is 11.6. The number of aryl methyl sites for hydroxylation is 3. The number of fused-ring (bicyclic) bond motifs is 1. The topological polar surface area (TPSA) is 17.1 Å². The van der Waals surface area contributed by atoms with Gasteiger partial charge >= 0.3 is 0 Å². The number of hydrogen-bond donors (Lipinski definition) is 0. The van der Waals surface area contributed by atoms with Crippen LogP contribution in [-0.4, -0.2) is 5.78 Å². The molecule has 0 saturated carbocycles. The largest absolute Gasteiger partial charge is 0.294 e. The molecule has 1 nitrogen and oxygen atoms in total. The molecule has 0 spiro atoms. The molecular weight excluding hydrogens is 251 g/mol. The number of Topliss-reactive ketones (excluding diaryl/α,β-unsaturated/α-hetero) is 1. The van der Waals surface area contributed by atoms with Gasteiger partial charge in [-0.25, -0.2) is 4.39 Å².